The number of nitrogens with two attached hydrogens (primary N) is 1. The largest absolute Gasteiger partial charge is 0.452 e. The molecule has 3 rings (SSSR count). The van der Waals surface area contributed by atoms with Gasteiger partial charge in [-0.15, -0.1) is 0 Å². The van der Waals surface area contributed by atoms with E-state index in [2.05, 4.69) is 5.32 Å². The van der Waals surface area contributed by atoms with Gasteiger partial charge < -0.3 is 20.4 Å². The van der Waals surface area contributed by atoms with Gasteiger partial charge in [0.2, 0.25) is 11.3 Å². The summed E-state index contributed by atoms with van der Waals surface area (Å²) in [6.45, 7) is 5.07. The molecule has 202 valence electrons. The fraction of sp³-hybridized carbons (Fsp3) is 0.500. The summed E-state index contributed by atoms with van der Waals surface area (Å²) in [5.74, 6) is 0.385. The smallest absolute Gasteiger partial charge is 0.264 e. The van der Waals surface area contributed by atoms with Crippen LogP contribution in [0.4, 0.5) is 5.69 Å². The molecule has 1 amide bonds. The van der Waals surface area contributed by atoms with Crippen LogP contribution in [0.3, 0.4) is 0 Å². The van der Waals surface area contributed by atoms with E-state index in [1.807, 2.05) is 59.8 Å². The third kappa shape index (κ3) is 8.80. The molecule has 0 atom stereocenters. The maximum Gasteiger partial charge on any atom is 0.264 e. The first kappa shape index (κ1) is 28.5. The Balaban J connectivity index is 1.74. The number of benzene rings is 2. The number of aromatic nitrogens is 1. The SMILES string of the molecule is CCN(CCCS(=O)(=O)O)c1ccc2nc3ccc(=[N+](C)CCC(=O)NCCCCCN)cc-3oc2c1. The molecular weight excluding hydrogens is 494 g/mol. The Kier molecular flexibility index (Phi) is 10.4. The van der Waals surface area contributed by atoms with Crippen molar-refractivity contribution in [2.75, 3.05) is 50.4 Å². The van der Waals surface area contributed by atoms with Crippen LogP contribution >= 0.6 is 0 Å². The van der Waals surface area contributed by atoms with E-state index in [4.69, 9.17) is 19.7 Å². The Labute approximate surface area is 218 Å². The van der Waals surface area contributed by atoms with Crippen molar-refractivity contribution in [3.05, 3.63) is 41.8 Å². The van der Waals surface area contributed by atoms with Gasteiger partial charge >= 0.3 is 0 Å². The van der Waals surface area contributed by atoms with Gasteiger partial charge in [-0.25, -0.2) is 9.56 Å². The Morgan fingerprint density at radius 3 is 2.70 bits per heavy atom. The molecule has 0 unspecified atom stereocenters. The third-order valence-corrected chi connectivity index (χ3v) is 7.05. The first-order valence-corrected chi connectivity index (χ1v) is 14.4. The predicted octanol–water partition coefficient (Wildman–Crippen LogP) is 2.07. The molecule has 1 aliphatic carbocycles. The van der Waals surface area contributed by atoms with Gasteiger partial charge in [-0.3, -0.25) is 9.35 Å². The van der Waals surface area contributed by atoms with Gasteiger partial charge in [-0.05, 0) is 50.9 Å². The molecule has 37 heavy (non-hydrogen) atoms. The van der Waals surface area contributed by atoms with E-state index in [0.717, 1.165) is 41.5 Å². The van der Waals surface area contributed by atoms with Crippen molar-refractivity contribution in [2.45, 2.75) is 39.0 Å². The topological polar surface area (TPSA) is 142 Å². The number of carbonyl (C=O) groups is 1. The third-order valence-electron chi connectivity index (χ3n) is 6.24. The summed E-state index contributed by atoms with van der Waals surface area (Å²) in [6.07, 6.45) is 3.65. The Morgan fingerprint density at radius 2 is 1.97 bits per heavy atom. The van der Waals surface area contributed by atoms with Crippen molar-refractivity contribution in [3.8, 4) is 11.5 Å². The standard InChI is InChI=1S/C26H37N5O5S/c1-3-31(15-7-17-37(33,34)35)21-9-11-23-25(19-21)36-24-18-20(8-10-22(24)29-23)30(2)16-12-26(32)28-14-6-4-5-13-27/h8-11,18-19H,3-7,12-17,27H2,1-2H3,(H-,28,32,33,34,35)/p+1. The molecule has 0 fully saturated rings. The van der Waals surface area contributed by atoms with Crippen molar-refractivity contribution < 1.29 is 22.2 Å². The molecule has 0 saturated carbocycles. The zero-order valence-corrected chi connectivity index (χ0v) is 22.5. The molecule has 10 nitrogen and oxygen atoms in total. The number of fused-ring (bicyclic) bond motifs is 2. The average Bonchev–Trinajstić information content (AvgIpc) is 2.87. The average molecular weight is 533 g/mol. The van der Waals surface area contributed by atoms with Gasteiger partial charge in [0, 0.05) is 37.5 Å². The molecule has 1 aromatic rings. The highest BCUT2D eigenvalue weighted by Gasteiger charge is 2.14. The monoisotopic (exact) mass is 532 g/mol. The molecule has 1 heterocycles. The maximum atomic E-state index is 12.2. The van der Waals surface area contributed by atoms with Gasteiger partial charge in [-0.1, -0.05) is 6.42 Å². The molecule has 4 N–H and O–H groups in total. The number of hydrogen-bond acceptors (Lipinski definition) is 7. The summed E-state index contributed by atoms with van der Waals surface area (Å²) in [5.41, 5.74) is 8.44. The van der Waals surface area contributed by atoms with E-state index in [1.165, 1.54) is 0 Å². The second-order valence-electron chi connectivity index (χ2n) is 9.11. The molecule has 1 aromatic carbocycles. The predicted molar refractivity (Wildman–Crippen MR) is 146 cm³/mol. The lowest BCUT2D eigenvalue weighted by molar-refractivity contribution is -0.121. The highest BCUT2D eigenvalue weighted by Crippen LogP contribution is 2.27. The van der Waals surface area contributed by atoms with Crippen molar-refractivity contribution in [2.24, 2.45) is 5.73 Å². The molecule has 0 saturated heterocycles. The fourth-order valence-corrected chi connectivity index (χ4v) is 4.60. The maximum absolute atomic E-state index is 12.2. The normalized spacial score (nSPS) is 12.6. The number of nitrogens with zero attached hydrogens (tertiary/aromatic N) is 3. The summed E-state index contributed by atoms with van der Waals surface area (Å²) >= 11 is 0. The number of anilines is 1. The van der Waals surface area contributed by atoms with Gasteiger partial charge in [0.25, 0.3) is 10.1 Å². The number of hydrogen-bond donors (Lipinski definition) is 3. The minimum Gasteiger partial charge on any atom is -0.452 e. The zero-order valence-electron chi connectivity index (χ0n) is 21.6. The Bertz CT molecular complexity index is 1340. The number of nitrogens with one attached hydrogen (secondary N) is 1. The quantitative estimate of drug-likeness (QED) is 0.124. The summed E-state index contributed by atoms with van der Waals surface area (Å²) < 4.78 is 39.3. The summed E-state index contributed by atoms with van der Waals surface area (Å²) in [7, 11) is -2.04. The minimum absolute atomic E-state index is 0.0299. The lowest BCUT2D eigenvalue weighted by atomic mass is 10.2. The summed E-state index contributed by atoms with van der Waals surface area (Å²) in [6, 6.07) is 11.5. The number of unbranched alkanes of at least 4 members (excludes halogenated alkanes) is 2. The summed E-state index contributed by atoms with van der Waals surface area (Å²) in [4.78, 5) is 18.9. The van der Waals surface area contributed by atoms with E-state index >= 15 is 0 Å². The fourth-order valence-electron chi connectivity index (χ4n) is 4.10. The van der Waals surface area contributed by atoms with Crippen LogP contribution in [0.1, 0.15) is 39.0 Å². The minimum atomic E-state index is -3.98. The van der Waals surface area contributed by atoms with Crippen LogP contribution in [0.15, 0.2) is 40.8 Å². The second kappa shape index (κ2) is 13.5. The van der Waals surface area contributed by atoms with Crippen LogP contribution in [0.25, 0.3) is 22.6 Å². The van der Waals surface area contributed by atoms with Crippen molar-refractivity contribution in [3.63, 3.8) is 0 Å². The van der Waals surface area contributed by atoms with E-state index in [0.29, 0.717) is 56.9 Å². The summed E-state index contributed by atoms with van der Waals surface area (Å²) in [5, 5.41) is 3.88. The van der Waals surface area contributed by atoms with E-state index in [9.17, 15) is 13.2 Å². The Morgan fingerprint density at radius 1 is 1.16 bits per heavy atom. The molecule has 0 bridgehead atoms. The molecule has 0 aromatic heterocycles. The van der Waals surface area contributed by atoms with Crippen LogP contribution < -0.4 is 25.9 Å². The van der Waals surface area contributed by atoms with Crippen molar-refractivity contribution in [1.82, 2.24) is 14.9 Å². The van der Waals surface area contributed by atoms with Gasteiger partial charge in [0.1, 0.15) is 18.3 Å². The van der Waals surface area contributed by atoms with E-state index < -0.39 is 10.1 Å². The highest BCUT2D eigenvalue weighted by molar-refractivity contribution is 7.85. The van der Waals surface area contributed by atoms with Gasteiger partial charge in [0.05, 0.1) is 18.2 Å². The first-order valence-electron chi connectivity index (χ1n) is 12.8. The molecule has 0 radical (unpaired) electrons. The Hall–Kier alpha value is -3.02. The number of carbonyl (C=O) groups excluding carboxylic acids is 1. The van der Waals surface area contributed by atoms with Crippen LogP contribution in [-0.2, 0) is 14.9 Å². The van der Waals surface area contributed by atoms with Crippen molar-refractivity contribution >= 4 is 32.8 Å². The van der Waals surface area contributed by atoms with Gasteiger partial charge in [0.15, 0.2) is 17.9 Å². The zero-order chi connectivity index (χ0) is 26.8. The van der Waals surface area contributed by atoms with Crippen LogP contribution in [0.2, 0.25) is 0 Å². The van der Waals surface area contributed by atoms with E-state index in [1.54, 1.807) is 0 Å². The molecular formula is C26H38N5O5S+. The van der Waals surface area contributed by atoms with Crippen molar-refractivity contribution in [1.29, 1.82) is 0 Å². The lowest BCUT2D eigenvalue weighted by Crippen LogP contribution is -2.32. The first-order chi connectivity index (χ1) is 17.7. The lowest BCUT2D eigenvalue weighted by Gasteiger charge is -2.23. The van der Waals surface area contributed by atoms with Gasteiger partial charge in [-0.2, -0.15) is 8.42 Å². The molecule has 1 aliphatic heterocycles. The highest BCUT2D eigenvalue weighted by atomic mass is 32.2. The molecule has 0 spiro atoms. The van der Waals surface area contributed by atoms with Crippen LogP contribution in [-0.4, -0.2) is 69.4 Å². The second-order valence-corrected chi connectivity index (χ2v) is 10.7. The molecule has 11 heteroatoms. The number of rotatable bonds is 14. The van der Waals surface area contributed by atoms with Crippen LogP contribution in [0, 0.1) is 0 Å². The van der Waals surface area contributed by atoms with Crippen LogP contribution in [0.5, 0.6) is 0 Å². The van der Waals surface area contributed by atoms with E-state index in [-0.39, 0.29) is 11.7 Å². The molecule has 2 aliphatic rings. The number of amides is 1.